The first-order valence-corrected chi connectivity index (χ1v) is 3.77. The van der Waals surface area contributed by atoms with Gasteiger partial charge in [-0.05, 0) is 17.7 Å². The van der Waals surface area contributed by atoms with Crippen LogP contribution in [-0.4, -0.2) is 16.8 Å². The zero-order chi connectivity index (χ0) is 9.14. The van der Waals surface area contributed by atoms with Gasteiger partial charge in [0.05, 0.1) is 11.6 Å². The van der Waals surface area contributed by atoms with Gasteiger partial charge in [-0.15, -0.1) is 0 Å². The molecule has 66 valence electrons. The van der Waals surface area contributed by atoms with E-state index >= 15 is 0 Å². The number of benzene rings is 1. The molecule has 0 saturated carbocycles. The van der Waals surface area contributed by atoms with Gasteiger partial charge in [-0.1, -0.05) is 17.7 Å². The summed E-state index contributed by atoms with van der Waals surface area (Å²) >= 11 is 5.41. The van der Waals surface area contributed by atoms with E-state index in [0.29, 0.717) is 5.56 Å². The Morgan fingerprint density at radius 3 is 2.67 bits per heavy atom. The lowest BCUT2D eigenvalue weighted by molar-refractivity contribution is 0.0954. The first kappa shape index (κ1) is 9.45. The minimum absolute atomic E-state index is 0.00360. The fraction of sp³-hybridized carbons (Fsp3) is 0.250. The summed E-state index contributed by atoms with van der Waals surface area (Å²) in [5.41, 5.74) is 0.319. The molecule has 0 aromatic heterocycles. The van der Waals surface area contributed by atoms with Gasteiger partial charge in [-0.3, -0.25) is 0 Å². The van der Waals surface area contributed by atoms with Crippen molar-refractivity contribution in [2.24, 2.45) is 0 Å². The van der Waals surface area contributed by atoms with Gasteiger partial charge in [0.1, 0.15) is 11.9 Å². The molecular formula is C8H8ClFO2. The Kier molecular flexibility index (Phi) is 3.03. The molecule has 0 aliphatic rings. The fourth-order valence-electron chi connectivity index (χ4n) is 0.825. The molecule has 4 heteroatoms. The van der Waals surface area contributed by atoms with Gasteiger partial charge in [0.25, 0.3) is 0 Å². The molecule has 0 aliphatic carbocycles. The smallest absolute Gasteiger partial charge is 0.142 e. The second-order valence-corrected chi connectivity index (χ2v) is 2.78. The zero-order valence-electron chi connectivity index (χ0n) is 6.17. The summed E-state index contributed by atoms with van der Waals surface area (Å²) in [5, 5.41) is 17.6. The van der Waals surface area contributed by atoms with E-state index in [2.05, 4.69) is 0 Å². The maximum Gasteiger partial charge on any atom is 0.142 e. The summed E-state index contributed by atoms with van der Waals surface area (Å²) in [6.07, 6.45) is -1.04. The molecule has 0 fully saturated rings. The minimum Gasteiger partial charge on any atom is -0.393 e. The zero-order valence-corrected chi connectivity index (χ0v) is 6.92. The molecule has 0 amide bonds. The van der Waals surface area contributed by atoms with Gasteiger partial charge in [-0.25, -0.2) is 4.39 Å². The van der Waals surface area contributed by atoms with Gasteiger partial charge in [0.2, 0.25) is 0 Å². The maximum absolute atomic E-state index is 12.8. The van der Waals surface area contributed by atoms with Crippen LogP contribution < -0.4 is 0 Å². The molecule has 1 atom stereocenters. The molecule has 0 aliphatic heterocycles. The third-order valence-electron chi connectivity index (χ3n) is 1.50. The lowest BCUT2D eigenvalue weighted by Crippen LogP contribution is -2.02. The number of hydrogen-bond donors (Lipinski definition) is 2. The van der Waals surface area contributed by atoms with E-state index in [1.165, 1.54) is 12.1 Å². The Bertz CT molecular complexity index is 278. The van der Waals surface area contributed by atoms with Gasteiger partial charge in [-0.2, -0.15) is 0 Å². The van der Waals surface area contributed by atoms with Crippen LogP contribution in [0.4, 0.5) is 4.39 Å². The highest BCUT2D eigenvalue weighted by molar-refractivity contribution is 6.30. The first-order chi connectivity index (χ1) is 5.65. The van der Waals surface area contributed by atoms with E-state index in [-0.39, 0.29) is 5.02 Å². The summed E-state index contributed by atoms with van der Waals surface area (Å²) in [6, 6.07) is 3.90. The number of aliphatic hydroxyl groups excluding tert-OH is 2. The Morgan fingerprint density at radius 1 is 1.50 bits per heavy atom. The van der Waals surface area contributed by atoms with Gasteiger partial charge < -0.3 is 10.2 Å². The van der Waals surface area contributed by atoms with Crippen molar-refractivity contribution in [3.63, 3.8) is 0 Å². The molecule has 2 nitrogen and oxygen atoms in total. The SMILES string of the molecule is OCC(O)c1ccc(Cl)c(F)c1. The molecule has 1 unspecified atom stereocenters. The van der Waals surface area contributed by atoms with Crippen molar-refractivity contribution in [1.29, 1.82) is 0 Å². The topological polar surface area (TPSA) is 40.5 Å². The average Bonchev–Trinajstić information content (AvgIpc) is 2.08. The molecule has 0 radical (unpaired) electrons. The van der Waals surface area contributed by atoms with Gasteiger partial charge in [0.15, 0.2) is 0 Å². The quantitative estimate of drug-likeness (QED) is 0.742. The van der Waals surface area contributed by atoms with Crippen molar-refractivity contribution in [3.8, 4) is 0 Å². The number of aliphatic hydroxyl groups is 2. The molecule has 2 N–H and O–H groups in total. The second kappa shape index (κ2) is 3.85. The molecule has 12 heavy (non-hydrogen) atoms. The normalized spacial score (nSPS) is 13.0. The third kappa shape index (κ3) is 1.94. The minimum atomic E-state index is -1.04. The van der Waals surface area contributed by atoms with Crippen LogP contribution in [0.1, 0.15) is 11.7 Å². The molecule has 1 aromatic carbocycles. The van der Waals surface area contributed by atoms with E-state index in [4.69, 9.17) is 21.8 Å². The predicted octanol–water partition coefficient (Wildman–Crippen LogP) is 1.50. The van der Waals surface area contributed by atoms with Crippen LogP contribution in [0.2, 0.25) is 5.02 Å². The van der Waals surface area contributed by atoms with Crippen LogP contribution in [0.3, 0.4) is 0 Å². The van der Waals surface area contributed by atoms with Crippen molar-refractivity contribution in [2.45, 2.75) is 6.10 Å². The standard InChI is InChI=1S/C8H8ClFO2/c9-6-2-1-5(3-7(6)10)8(12)4-11/h1-3,8,11-12H,4H2. The van der Waals surface area contributed by atoms with Crippen molar-refractivity contribution in [3.05, 3.63) is 34.6 Å². The van der Waals surface area contributed by atoms with Crippen LogP contribution in [-0.2, 0) is 0 Å². The summed E-state index contributed by atoms with van der Waals surface area (Å²) < 4.78 is 12.8. The molecule has 0 saturated heterocycles. The maximum atomic E-state index is 12.8. The Hall–Kier alpha value is -0.640. The predicted molar refractivity (Wildman–Crippen MR) is 43.5 cm³/mol. The van der Waals surface area contributed by atoms with Crippen molar-refractivity contribution >= 4 is 11.6 Å². The van der Waals surface area contributed by atoms with Crippen molar-refractivity contribution < 1.29 is 14.6 Å². The van der Waals surface area contributed by atoms with Crippen LogP contribution in [0.25, 0.3) is 0 Å². The van der Waals surface area contributed by atoms with E-state index in [0.717, 1.165) is 6.07 Å². The highest BCUT2D eigenvalue weighted by Crippen LogP contribution is 2.19. The van der Waals surface area contributed by atoms with Crippen LogP contribution in [0.5, 0.6) is 0 Å². The number of hydrogen-bond acceptors (Lipinski definition) is 2. The van der Waals surface area contributed by atoms with Crippen LogP contribution in [0.15, 0.2) is 18.2 Å². The molecule has 1 aromatic rings. The largest absolute Gasteiger partial charge is 0.393 e. The lowest BCUT2D eigenvalue weighted by Gasteiger charge is -2.07. The molecular weight excluding hydrogens is 183 g/mol. The number of rotatable bonds is 2. The van der Waals surface area contributed by atoms with Crippen molar-refractivity contribution in [1.82, 2.24) is 0 Å². The first-order valence-electron chi connectivity index (χ1n) is 3.39. The van der Waals surface area contributed by atoms with Crippen molar-refractivity contribution in [2.75, 3.05) is 6.61 Å². The highest BCUT2D eigenvalue weighted by Gasteiger charge is 2.08. The van der Waals surface area contributed by atoms with Gasteiger partial charge in [0, 0.05) is 0 Å². The third-order valence-corrected chi connectivity index (χ3v) is 1.81. The summed E-state index contributed by atoms with van der Waals surface area (Å²) in [5.74, 6) is -0.596. The number of halogens is 2. The van der Waals surface area contributed by atoms with E-state index in [1.807, 2.05) is 0 Å². The summed E-state index contributed by atoms with van der Waals surface area (Å²) in [7, 11) is 0. The summed E-state index contributed by atoms with van der Waals surface area (Å²) in [6.45, 7) is -0.429. The Morgan fingerprint density at radius 2 is 2.17 bits per heavy atom. The van der Waals surface area contributed by atoms with E-state index in [1.54, 1.807) is 0 Å². The monoisotopic (exact) mass is 190 g/mol. The van der Waals surface area contributed by atoms with Gasteiger partial charge >= 0.3 is 0 Å². The lowest BCUT2D eigenvalue weighted by atomic mass is 10.1. The average molecular weight is 191 g/mol. The van der Waals surface area contributed by atoms with Crippen LogP contribution >= 0.6 is 11.6 Å². The summed E-state index contributed by atoms with van der Waals surface area (Å²) in [4.78, 5) is 0. The van der Waals surface area contributed by atoms with E-state index < -0.39 is 18.5 Å². The molecule has 0 heterocycles. The highest BCUT2D eigenvalue weighted by atomic mass is 35.5. The Balaban J connectivity index is 2.96. The molecule has 1 rings (SSSR count). The Labute approximate surface area is 74.2 Å². The molecule has 0 bridgehead atoms. The second-order valence-electron chi connectivity index (χ2n) is 2.37. The van der Waals surface area contributed by atoms with E-state index in [9.17, 15) is 4.39 Å². The molecule has 0 spiro atoms. The van der Waals surface area contributed by atoms with Crippen LogP contribution in [0, 0.1) is 5.82 Å². The fourth-order valence-corrected chi connectivity index (χ4v) is 0.943.